The van der Waals surface area contributed by atoms with Crippen molar-refractivity contribution in [2.45, 2.75) is 11.8 Å². The SMILES string of the molecule is Cc1ccc(NC(=O)CNS(=O)(=O)c2ccccc2C#N)c(O)c1. The van der Waals surface area contributed by atoms with Gasteiger partial charge in [0.15, 0.2) is 0 Å². The Morgan fingerprint density at radius 3 is 2.62 bits per heavy atom. The van der Waals surface area contributed by atoms with E-state index in [4.69, 9.17) is 5.26 Å². The Balaban J connectivity index is 2.07. The highest BCUT2D eigenvalue weighted by Crippen LogP contribution is 2.23. The predicted octanol–water partition coefficient (Wildman–Crippen LogP) is 1.49. The molecule has 0 radical (unpaired) electrons. The van der Waals surface area contributed by atoms with Crippen molar-refractivity contribution in [3.05, 3.63) is 53.6 Å². The van der Waals surface area contributed by atoms with Crippen LogP contribution in [0.4, 0.5) is 5.69 Å². The number of carbonyl (C=O) groups is 1. The Kier molecular flexibility index (Phi) is 5.18. The fraction of sp³-hybridized carbons (Fsp3) is 0.125. The zero-order valence-corrected chi connectivity index (χ0v) is 13.6. The van der Waals surface area contributed by atoms with Crippen LogP contribution in [-0.2, 0) is 14.8 Å². The Morgan fingerprint density at radius 1 is 1.25 bits per heavy atom. The molecular weight excluding hydrogens is 330 g/mol. The van der Waals surface area contributed by atoms with Crippen LogP contribution in [0.15, 0.2) is 47.4 Å². The van der Waals surface area contributed by atoms with Crippen LogP contribution in [0.25, 0.3) is 0 Å². The maximum Gasteiger partial charge on any atom is 0.242 e. The number of aryl methyl sites for hydroxylation is 1. The van der Waals surface area contributed by atoms with E-state index in [-0.39, 0.29) is 21.9 Å². The van der Waals surface area contributed by atoms with Crippen molar-refractivity contribution in [3.63, 3.8) is 0 Å². The van der Waals surface area contributed by atoms with Gasteiger partial charge >= 0.3 is 0 Å². The van der Waals surface area contributed by atoms with Crippen LogP contribution in [0.2, 0.25) is 0 Å². The summed E-state index contributed by atoms with van der Waals surface area (Å²) >= 11 is 0. The molecule has 0 aliphatic rings. The molecule has 124 valence electrons. The molecule has 0 atom stereocenters. The zero-order chi connectivity index (χ0) is 17.7. The molecule has 0 spiro atoms. The van der Waals surface area contributed by atoms with Crippen molar-refractivity contribution < 1.29 is 18.3 Å². The number of amides is 1. The highest BCUT2D eigenvalue weighted by Gasteiger charge is 2.19. The highest BCUT2D eigenvalue weighted by atomic mass is 32.2. The number of aromatic hydroxyl groups is 1. The van der Waals surface area contributed by atoms with E-state index in [1.165, 1.54) is 30.3 Å². The fourth-order valence-electron chi connectivity index (χ4n) is 1.97. The minimum absolute atomic E-state index is 0.0124. The van der Waals surface area contributed by atoms with Crippen molar-refractivity contribution >= 4 is 21.6 Å². The van der Waals surface area contributed by atoms with Crippen molar-refractivity contribution in [1.82, 2.24) is 4.72 Å². The smallest absolute Gasteiger partial charge is 0.242 e. The number of benzene rings is 2. The molecule has 2 aromatic carbocycles. The van der Waals surface area contributed by atoms with Gasteiger partial charge < -0.3 is 10.4 Å². The molecule has 7 nitrogen and oxygen atoms in total. The second-order valence-electron chi connectivity index (χ2n) is 5.00. The zero-order valence-electron chi connectivity index (χ0n) is 12.8. The molecule has 0 aliphatic carbocycles. The molecule has 0 bridgehead atoms. The summed E-state index contributed by atoms with van der Waals surface area (Å²) in [5, 5.41) is 21.1. The van der Waals surface area contributed by atoms with Gasteiger partial charge in [-0.3, -0.25) is 4.79 Å². The summed E-state index contributed by atoms with van der Waals surface area (Å²) in [6.45, 7) is 1.25. The molecule has 1 amide bonds. The average molecular weight is 345 g/mol. The summed E-state index contributed by atoms with van der Waals surface area (Å²) in [7, 11) is -4.00. The van der Waals surface area contributed by atoms with Gasteiger partial charge in [-0.05, 0) is 36.8 Å². The Morgan fingerprint density at radius 2 is 1.96 bits per heavy atom. The summed E-state index contributed by atoms with van der Waals surface area (Å²) in [6.07, 6.45) is 0. The molecule has 8 heteroatoms. The number of nitrogens with zero attached hydrogens (tertiary/aromatic N) is 1. The van der Waals surface area contributed by atoms with E-state index in [1.807, 2.05) is 0 Å². The Hall–Kier alpha value is -2.89. The van der Waals surface area contributed by atoms with Gasteiger partial charge in [0.1, 0.15) is 11.8 Å². The van der Waals surface area contributed by atoms with Crippen molar-refractivity contribution in [2.75, 3.05) is 11.9 Å². The van der Waals surface area contributed by atoms with Crippen LogP contribution in [0.1, 0.15) is 11.1 Å². The lowest BCUT2D eigenvalue weighted by Gasteiger charge is -2.10. The lowest BCUT2D eigenvalue weighted by Crippen LogP contribution is -2.33. The first-order valence-electron chi connectivity index (χ1n) is 6.92. The van der Waals surface area contributed by atoms with Crippen LogP contribution in [-0.4, -0.2) is 26.0 Å². The van der Waals surface area contributed by atoms with Gasteiger partial charge in [0.2, 0.25) is 15.9 Å². The number of carbonyl (C=O) groups excluding carboxylic acids is 1. The van der Waals surface area contributed by atoms with E-state index in [2.05, 4.69) is 10.0 Å². The topological polar surface area (TPSA) is 119 Å². The first-order valence-corrected chi connectivity index (χ1v) is 8.40. The van der Waals surface area contributed by atoms with Crippen molar-refractivity contribution in [2.24, 2.45) is 0 Å². The molecule has 2 rings (SSSR count). The molecule has 3 N–H and O–H groups in total. The van der Waals surface area contributed by atoms with E-state index in [0.717, 1.165) is 5.56 Å². The van der Waals surface area contributed by atoms with E-state index in [0.29, 0.717) is 0 Å². The van der Waals surface area contributed by atoms with E-state index < -0.39 is 22.5 Å². The average Bonchev–Trinajstić information content (AvgIpc) is 2.55. The molecular formula is C16H15N3O4S. The Bertz CT molecular complexity index is 917. The van der Waals surface area contributed by atoms with Gasteiger partial charge in [-0.25, -0.2) is 13.1 Å². The van der Waals surface area contributed by atoms with Gasteiger partial charge in [-0.2, -0.15) is 5.26 Å². The third-order valence-corrected chi connectivity index (χ3v) is 4.61. The highest BCUT2D eigenvalue weighted by molar-refractivity contribution is 7.89. The maximum atomic E-state index is 12.2. The molecule has 0 heterocycles. The third kappa shape index (κ3) is 4.10. The predicted molar refractivity (Wildman–Crippen MR) is 87.8 cm³/mol. The van der Waals surface area contributed by atoms with Crippen molar-refractivity contribution in [3.8, 4) is 11.8 Å². The van der Waals surface area contributed by atoms with Gasteiger partial charge in [-0.15, -0.1) is 0 Å². The summed E-state index contributed by atoms with van der Waals surface area (Å²) in [6, 6.07) is 12.2. The molecule has 0 fully saturated rings. The van der Waals surface area contributed by atoms with E-state index in [1.54, 1.807) is 25.1 Å². The van der Waals surface area contributed by atoms with Crippen LogP contribution in [0, 0.1) is 18.3 Å². The number of phenols is 1. The number of anilines is 1. The van der Waals surface area contributed by atoms with Crippen molar-refractivity contribution in [1.29, 1.82) is 5.26 Å². The number of rotatable bonds is 5. The number of nitriles is 1. The lowest BCUT2D eigenvalue weighted by molar-refractivity contribution is -0.115. The minimum atomic E-state index is -4.00. The first kappa shape index (κ1) is 17.5. The maximum absolute atomic E-state index is 12.2. The molecule has 0 saturated carbocycles. The van der Waals surface area contributed by atoms with Gasteiger partial charge in [0.05, 0.1) is 22.7 Å². The monoisotopic (exact) mass is 345 g/mol. The molecule has 2 aromatic rings. The van der Waals surface area contributed by atoms with Crippen LogP contribution in [0.3, 0.4) is 0 Å². The number of hydrogen-bond donors (Lipinski definition) is 3. The van der Waals surface area contributed by atoms with Crippen LogP contribution < -0.4 is 10.0 Å². The number of sulfonamides is 1. The van der Waals surface area contributed by atoms with Gasteiger partial charge in [-0.1, -0.05) is 18.2 Å². The minimum Gasteiger partial charge on any atom is -0.506 e. The molecule has 24 heavy (non-hydrogen) atoms. The summed E-state index contributed by atoms with van der Waals surface area (Å²) in [4.78, 5) is 11.7. The van der Waals surface area contributed by atoms with Gasteiger partial charge in [0.25, 0.3) is 0 Å². The summed E-state index contributed by atoms with van der Waals surface area (Å²) < 4.78 is 26.5. The number of phenolic OH excluding ortho intramolecular Hbond substituents is 1. The van der Waals surface area contributed by atoms with Gasteiger partial charge in [0, 0.05) is 0 Å². The van der Waals surface area contributed by atoms with E-state index >= 15 is 0 Å². The fourth-order valence-corrected chi connectivity index (χ4v) is 3.11. The summed E-state index contributed by atoms with van der Waals surface area (Å²) in [5.41, 5.74) is 0.989. The third-order valence-electron chi connectivity index (χ3n) is 3.15. The van der Waals surface area contributed by atoms with Crippen LogP contribution in [0.5, 0.6) is 5.75 Å². The quantitative estimate of drug-likeness (QED) is 0.709. The summed E-state index contributed by atoms with van der Waals surface area (Å²) in [5.74, 6) is -0.756. The number of nitrogens with one attached hydrogen (secondary N) is 2. The second-order valence-corrected chi connectivity index (χ2v) is 6.74. The number of hydrogen-bond acceptors (Lipinski definition) is 5. The second kappa shape index (κ2) is 7.12. The van der Waals surface area contributed by atoms with E-state index in [9.17, 15) is 18.3 Å². The largest absolute Gasteiger partial charge is 0.506 e. The van der Waals surface area contributed by atoms with Crippen LogP contribution >= 0.6 is 0 Å². The normalized spacial score (nSPS) is 10.8. The first-order chi connectivity index (χ1) is 11.3. The molecule has 0 aliphatic heterocycles. The molecule has 0 saturated heterocycles. The standard InChI is InChI=1S/C16H15N3O4S/c1-11-6-7-13(14(20)8-11)19-16(21)10-18-24(22,23)15-5-3-2-4-12(15)9-17/h2-8,18,20H,10H2,1H3,(H,19,21). The lowest BCUT2D eigenvalue weighted by atomic mass is 10.2. The Labute approximate surface area is 139 Å². The molecule has 0 aromatic heterocycles. The molecule has 0 unspecified atom stereocenters.